The van der Waals surface area contributed by atoms with Crippen molar-refractivity contribution in [3.8, 4) is 0 Å². The van der Waals surface area contributed by atoms with E-state index in [1.807, 2.05) is 36.4 Å². The zero-order chi connectivity index (χ0) is 21.0. The van der Waals surface area contributed by atoms with E-state index in [-0.39, 0.29) is 24.9 Å². The predicted molar refractivity (Wildman–Crippen MR) is 124 cm³/mol. The fourth-order valence-corrected chi connectivity index (χ4v) is 5.65. The monoisotopic (exact) mass is 516 g/mol. The van der Waals surface area contributed by atoms with Crippen molar-refractivity contribution >= 4 is 50.0 Å². The van der Waals surface area contributed by atoms with E-state index in [9.17, 15) is 13.2 Å². The van der Waals surface area contributed by atoms with Crippen molar-refractivity contribution in [2.45, 2.75) is 43.0 Å². The Morgan fingerprint density at radius 1 is 1.10 bits per heavy atom. The van der Waals surface area contributed by atoms with Crippen molar-refractivity contribution in [3.63, 3.8) is 0 Å². The van der Waals surface area contributed by atoms with E-state index < -0.39 is 16.0 Å². The lowest BCUT2D eigenvalue weighted by molar-refractivity contribution is -0.137. The molecule has 2 aromatic carbocycles. The lowest BCUT2D eigenvalue weighted by atomic mass is 9.96. The van der Waals surface area contributed by atoms with Crippen LogP contribution in [0.3, 0.4) is 0 Å². The molecule has 0 bridgehead atoms. The molecule has 2 aromatic rings. The molecule has 0 saturated carbocycles. The van der Waals surface area contributed by atoms with Gasteiger partial charge in [-0.1, -0.05) is 53.0 Å². The number of benzene rings is 2. The van der Waals surface area contributed by atoms with Gasteiger partial charge in [0.15, 0.2) is 0 Å². The average Bonchev–Trinajstić information content (AvgIpc) is 2.75. The fraction of sp³-hybridized carbons (Fsp3) is 0.381. The molecule has 1 unspecified atom stereocenters. The van der Waals surface area contributed by atoms with Crippen LogP contribution in [0, 0.1) is 0 Å². The standard InChI is InChI=1S/C21H25BrN2O4S.ClH/c1-24-18-9-6-5-8-16(18)21(23-13-7-3-2-4-10-20(25)26)17-12-11-15(22)14-19(17)29(24,27)28;/h5-6,8-9,11-12,14,21,23H,2-4,7,10,13H2,1H3,(H,25,26);1H. The number of unbranched alkanes of at least 4 members (excludes halogenated alkanes) is 3. The molecule has 30 heavy (non-hydrogen) atoms. The van der Waals surface area contributed by atoms with Gasteiger partial charge in [0.05, 0.1) is 16.6 Å². The molecular weight excluding hydrogens is 492 g/mol. The summed E-state index contributed by atoms with van der Waals surface area (Å²) >= 11 is 3.40. The van der Waals surface area contributed by atoms with E-state index in [4.69, 9.17) is 5.11 Å². The van der Waals surface area contributed by atoms with Gasteiger partial charge in [0.2, 0.25) is 0 Å². The smallest absolute Gasteiger partial charge is 0.303 e. The van der Waals surface area contributed by atoms with Crippen LogP contribution in [0.15, 0.2) is 51.8 Å². The molecule has 0 fully saturated rings. The summed E-state index contributed by atoms with van der Waals surface area (Å²) < 4.78 is 28.5. The van der Waals surface area contributed by atoms with Gasteiger partial charge in [-0.25, -0.2) is 8.42 Å². The Morgan fingerprint density at radius 3 is 2.53 bits per heavy atom. The van der Waals surface area contributed by atoms with Crippen molar-refractivity contribution in [2.24, 2.45) is 0 Å². The topological polar surface area (TPSA) is 86.7 Å². The van der Waals surface area contributed by atoms with Gasteiger partial charge in [0.25, 0.3) is 10.0 Å². The zero-order valence-corrected chi connectivity index (χ0v) is 19.9. The van der Waals surface area contributed by atoms with Crippen molar-refractivity contribution < 1.29 is 18.3 Å². The first-order chi connectivity index (χ1) is 13.8. The number of nitrogens with zero attached hydrogens (tertiary/aromatic N) is 1. The molecule has 0 spiro atoms. The van der Waals surface area contributed by atoms with Crippen molar-refractivity contribution in [1.82, 2.24) is 5.32 Å². The van der Waals surface area contributed by atoms with E-state index in [2.05, 4.69) is 21.2 Å². The van der Waals surface area contributed by atoms with Crippen LogP contribution in [0.1, 0.15) is 49.3 Å². The molecule has 9 heteroatoms. The third-order valence-electron chi connectivity index (χ3n) is 5.18. The minimum Gasteiger partial charge on any atom is -0.481 e. The second-order valence-corrected chi connectivity index (χ2v) is 10.0. The molecule has 0 radical (unpaired) electrons. The second kappa shape index (κ2) is 10.6. The van der Waals surface area contributed by atoms with Crippen LogP contribution in [0.2, 0.25) is 0 Å². The van der Waals surface area contributed by atoms with Crippen LogP contribution in [-0.4, -0.2) is 33.1 Å². The predicted octanol–water partition coefficient (Wildman–Crippen LogP) is 4.72. The molecular formula is C21H26BrClN2O4S. The Kier molecular flexibility index (Phi) is 8.73. The number of carboxylic acids is 1. The third kappa shape index (κ3) is 5.35. The number of aliphatic carboxylic acids is 1. The van der Waals surface area contributed by atoms with Gasteiger partial charge in [-0.3, -0.25) is 9.10 Å². The number of rotatable bonds is 8. The lowest BCUT2D eigenvalue weighted by Crippen LogP contribution is -2.26. The van der Waals surface area contributed by atoms with Gasteiger partial charge >= 0.3 is 5.97 Å². The number of halogens is 2. The minimum absolute atomic E-state index is 0. The number of carboxylic acid groups (broad SMARTS) is 1. The summed E-state index contributed by atoms with van der Waals surface area (Å²) in [6.07, 6.45) is 3.58. The van der Waals surface area contributed by atoms with Gasteiger partial charge in [-0.05, 0) is 48.7 Å². The van der Waals surface area contributed by atoms with Gasteiger partial charge in [-0.2, -0.15) is 0 Å². The first kappa shape index (κ1) is 24.7. The Hall–Kier alpha value is -1.61. The third-order valence-corrected chi connectivity index (χ3v) is 7.50. The lowest BCUT2D eigenvalue weighted by Gasteiger charge is -2.22. The summed E-state index contributed by atoms with van der Waals surface area (Å²) in [5.74, 6) is -0.758. The molecule has 0 aromatic heterocycles. The fourth-order valence-electron chi connectivity index (χ4n) is 3.65. The largest absolute Gasteiger partial charge is 0.481 e. The summed E-state index contributed by atoms with van der Waals surface area (Å²) in [4.78, 5) is 10.9. The number of para-hydroxylation sites is 1. The van der Waals surface area contributed by atoms with Crippen LogP contribution in [-0.2, 0) is 14.8 Å². The van der Waals surface area contributed by atoms with Crippen molar-refractivity contribution in [2.75, 3.05) is 17.9 Å². The number of hydrogen-bond acceptors (Lipinski definition) is 4. The summed E-state index contributed by atoms with van der Waals surface area (Å²) in [5, 5.41) is 12.2. The maximum atomic E-state index is 13.2. The normalized spacial score (nSPS) is 16.7. The summed E-state index contributed by atoms with van der Waals surface area (Å²) in [6, 6.07) is 12.7. The molecule has 0 saturated heterocycles. The van der Waals surface area contributed by atoms with E-state index in [0.29, 0.717) is 23.5 Å². The number of sulfonamides is 1. The Labute approximate surface area is 192 Å². The first-order valence-electron chi connectivity index (χ1n) is 9.65. The average molecular weight is 518 g/mol. The van der Waals surface area contributed by atoms with Gasteiger partial charge in [0.1, 0.15) is 0 Å². The van der Waals surface area contributed by atoms with E-state index >= 15 is 0 Å². The molecule has 1 aliphatic rings. The highest BCUT2D eigenvalue weighted by atomic mass is 79.9. The minimum atomic E-state index is -3.67. The maximum absolute atomic E-state index is 13.2. The molecule has 6 nitrogen and oxygen atoms in total. The highest BCUT2D eigenvalue weighted by Crippen LogP contribution is 2.40. The summed E-state index contributed by atoms with van der Waals surface area (Å²) in [5.41, 5.74) is 2.32. The van der Waals surface area contributed by atoms with E-state index in [1.165, 1.54) is 4.31 Å². The first-order valence-corrected chi connectivity index (χ1v) is 11.9. The summed E-state index contributed by atoms with van der Waals surface area (Å²) in [7, 11) is -2.08. The molecule has 2 N–H and O–H groups in total. The zero-order valence-electron chi connectivity index (χ0n) is 16.7. The van der Waals surface area contributed by atoms with Crippen LogP contribution in [0.4, 0.5) is 5.69 Å². The number of hydrogen-bond donors (Lipinski definition) is 2. The molecule has 3 rings (SSSR count). The van der Waals surface area contributed by atoms with Gasteiger partial charge < -0.3 is 10.4 Å². The highest BCUT2D eigenvalue weighted by Gasteiger charge is 2.34. The van der Waals surface area contributed by atoms with E-state index in [0.717, 1.165) is 34.9 Å². The van der Waals surface area contributed by atoms with Crippen LogP contribution >= 0.6 is 28.3 Å². The second-order valence-electron chi connectivity index (χ2n) is 7.16. The molecule has 0 amide bonds. The van der Waals surface area contributed by atoms with Crippen LogP contribution in [0.5, 0.6) is 0 Å². The van der Waals surface area contributed by atoms with Crippen LogP contribution < -0.4 is 9.62 Å². The SMILES string of the molecule is CN1c2ccccc2C(NCCCCCCC(=O)O)c2ccc(Br)cc2S1(=O)=O.Cl. The quantitative estimate of drug-likeness (QED) is 0.495. The molecule has 1 atom stereocenters. The highest BCUT2D eigenvalue weighted by molar-refractivity contribution is 9.10. The van der Waals surface area contributed by atoms with E-state index in [1.54, 1.807) is 13.1 Å². The maximum Gasteiger partial charge on any atom is 0.303 e. The number of anilines is 1. The molecule has 1 heterocycles. The van der Waals surface area contributed by atoms with Crippen LogP contribution in [0.25, 0.3) is 0 Å². The molecule has 164 valence electrons. The van der Waals surface area contributed by atoms with Crippen molar-refractivity contribution in [1.29, 1.82) is 0 Å². The number of nitrogens with one attached hydrogen (secondary N) is 1. The number of carbonyl (C=O) groups is 1. The Morgan fingerprint density at radius 2 is 1.80 bits per heavy atom. The van der Waals surface area contributed by atoms with Crippen molar-refractivity contribution in [3.05, 3.63) is 58.1 Å². The summed E-state index contributed by atoms with van der Waals surface area (Å²) in [6.45, 7) is 0.714. The molecule has 1 aliphatic heterocycles. The molecule has 0 aliphatic carbocycles. The number of fused-ring (bicyclic) bond motifs is 2. The van der Waals surface area contributed by atoms with Gasteiger partial charge in [0, 0.05) is 17.9 Å². The van der Waals surface area contributed by atoms with Gasteiger partial charge in [-0.15, -0.1) is 12.4 Å². The Bertz CT molecular complexity index is 1000. The Balaban J connectivity index is 0.00000320.